The van der Waals surface area contributed by atoms with E-state index < -0.39 is 5.60 Å². The van der Waals surface area contributed by atoms with Crippen molar-refractivity contribution in [1.29, 1.82) is 0 Å². The first kappa shape index (κ1) is 26.0. The van der Waals surface area contributed by atoms with Crippen molar-refractivity contribution in [3.8, 4) is 34.0 Å². The van der Waals surface area contributed by atoms with Gasteiger partial charge < -0.3 is 19.3 Å². The number of carbonyl (C=O) groups excluding carboxylic acids is 1. The molecule has 2 aromatic heterocycles. The standard InChI is InChI=1S/C29H32N4O4/c1-19-8-6-7-9-23(19)24-11-10-21(16-22(24)18-35-5)28-32-27(33-37-28)20-12-14-30-25(17-20)31-15-13-26(34)36-29(2,3)4/h6-12,14,16-17H,13,15,18H2,1-5H3,(H,30,31). The highest BCUT2D eigenvalue weighted by molar-refractivity contribution is 5.74. The van der Waals surface area contributed by atoms with Crippen LogP contribution in [0.4, 0.5) is 5.82 Å². The van der Waals surface area contributed by atoms with Crippen molar-refractivity contribution in [3.05, 3.63) is 71.9 Å². The summed E-state index contributed by atoms with van der Waals surface area (Å²) >= 11 is 0. The van der Waals surface area contributed by atoms with E-state index in [9.17, 15) is 4.79 Å². The van der Waals surface area contributed by atoms with E-state index in [1.165, 1.54) is 5.56 Å². The number of nitrogens with zero attached hydrogens (tertiary/aromatic N) is 3. The van der Waals surface area contributed by atoms with E-state index in [0.29, 0.717) is 30.7 Å². The van der Waals surface area contributed by atoms with E-state index in [2.05, 4.69) is 45.6 Å². The number of ether oxygens (including phenoxy) is 2. The third-order valence-electron chi connectivity index (χ3n) is 5.59. The fourth-order valence-electron chi connectivity index (χ4n) is 3.95. The predicted octanol–water partition coefficient (Wildman–Crippen LogP) is 6.06. The minimum atomic E-state index is -0.503. The van der Waals surface area contributed by atoms with Gasteiger partial charge in [0.1, 0.15) is 11.4 Å². The summed E-state index contributed by atoms with van der Waals surface area (Å²) in [6.45, 7) is 8.50. The molecule has 0 saturated heterocycles. The quantitative estimate of drug-likeness (QED) is 0.277. The summed E-state index contributed by atoms with van der Waals surface area (Å²) in [5.41, 5.74) is 5.56. The molecule has 0 saturated carbocycles. The van der Waals surface area contributed by atoms with Gasteiger partial charge in [0.25, 0.3) is 5.89 Å². The summed E-state index contributed by atoms with van der Waals surface area (Å²) in [6.07, 6.45) is 1.90. The molecule has 0 radical (unpaired) electrons. The molecule has 0 aliphatic carbocycles. The molecule has 37 heavy (non-hydrogen) atoms. The van der Waals surface area contributed by atoms with E-state index in [4.69, 9.17) is 14.0 Å². The lowest BCUT2D eigenvalue weighted by atomic mass is 9.94. The molecule has 2 heterocycles. The van der Waals surface area contributed by atoms with Crippen LogP contribution in [0.5, 0.6) is 0 Å². The lowest BCUT2D eigenvalue weighted by Gasteiger charge is -2.19. The smallest absolute Gasteiger partial charge is 0.308 e. The number of carbonyl (C=O) groups is 1. The molecule has 0 fully saturated rings. The molecule has 8 nitrogen and oxygen atoms in total. The maximum Gasteiger partial charge on any atom is 0.308 e. The van der Waals surface area contributed by atoms with Crippen LogP contribution in [-0.2, 0) is 20.9 Å². The Bertz CT molecular complexity index is 1370. The van der Waals surface area contributed by atoms with E-state index in [-0.39, 0.29) is 12.4 Å². The number of hydrogen-bond acceptors (Lipinski definition) is 8. The predicted molar refractivity (Wildman–Crippen MR) is 143 cm³/mol. The van der Waals surface area contributed by atoms with Crippen LogP contribution in [0.15, 0.2) is 65.3 Å². The number of pyridine rings is 1. The number of aromatic nitrogens is 3. The van der Waals surface area contributed by atoms with Crippen LogP contribution in [0.1, 0.15) is 38.3 Å². The van der Waals surface area contributed by atoms with Gasteiger partial charge >= 0.3 is 5.97 Å². The molecule has 4 aromatic rings. The van der Waals surface area contributed by atoms with Crippen LogP contribution in [0.2, 0.25) is 0 Å². The number of aryl methyl sites for hydroxylation is 1. The van der Waals surface area contributed by atoms with Crippen molar-refractivity contribution >= 4 is 11.8 Å². The molecule has 192 valence electrons. The van der Waals surface area contributed by atoms with Gasteiger partial charge in [-0.25, -0.2) is 4.98 Å². The Hall–Kier alpha value is -4.04. The number of nitrogens with one attached hydrogen (secondary N) is 1. The Morgan fingerprint density at radius 1 is 1.03 bits per heavy atom. The highest BCUT2D eigenvalue weighted by Crippen LogP contribution is 2.31. The highest BCUT2D eigenvalue weighted by Gasteiger charge is 2.17. The first-order chi connectivity index (χ1) is 17.7. The van der Waals surface area contributed by atoms with Crippen molar-refractivity contribution in [2.75, 3.05) is 19.0 Å². The zero-order chi connectivity index (χ0) is 26.4. The van der Waals surface area contributed by atoms with Crippen molar-refractivity contribution in [2.24, 2.45) is 0 Å². The lowest BCUT2D eigenvalue weighted by Crippen LogP contribution is -2.25. The molecular weight excluding hydrogens is 468 g/mol. The summed E-state index contributed by atoms with van der Waals surface area (Å²) in [5, 5.41) is 7.32. The molecule has 0 bridgehead atoms. The molecule has 0 unspecified atom stereocenters. The number of hydrogen-bond donors (Lipinski definition) is 1. The number of methoxy groups -OCH3 is 1. The van der Waals surface area contributed by atoms with Gasteiger partial charge in [0.15, 0.2) is 0 Å². The van der Waals surface area contributed by atoms with Crippen LogP contribution in [0.25, 0.3) is 34.0 Å². The molecule has 1 N–H and O–H groups in total. The van der Waals surface area contributed by atoms with Gasteiger partial charge in [-0.2, -0.15) is 4.98 Å². The zero-order valence-electron chi connectivity index (χ0n) is 21.9. The highest BCUT2D eigenvalue weighted by atomic mass is 16.6. The molecular formula is C29H32N4O4. The maximum absolute atomic E-state index is 11.9. The lowest BCUT2D eigenvalue weighted by molar-refractivity contribution is -0.154. The number of rotatable bonds is 9. The minimum Gasteiger partial charge on any atom is -0.460 e. The summed E-state index contributed by atoms with van der Waals surface area (Å²) in [5.74, 6) is 1.21. The number of esters is 1. The monoisotopic (exact) mass is 500 g/mol. The van der Waals surface area contributed by atoms with Gasteiger partial charge in [0.2, 0.25) is 5.82 Å². The second-order valence-electron chi connectivity index (χ2n) is 9.74. The molecule has 0 aliphatic heterocycles. The van der Waals surface area contributed by atoms with E-state index in [1.807, 2.05) is 57.2 Å². The van der Waals surface area contributed by atoms with E-state index in [0.717, 1.165) is 27.8 Å². The van der Waals surface area contributed by atoms with Crippen molar-refractivity contribution < 1.29 is 18.8 Å². The van der Waals surface area contributed by atoms with Crippen LogP contribution >= 0.6 is 0 Å². The van der Waals surface area contributed by atoms with Gasteiger partial charge in [-0.05, 0) is 74.2 Å². The van der Waals surface area contributed by atoms with Gasteiger partial charge in [-0.3, -0.25) is 4.79 Å². The Balaban J connectivity index is 1.50. The van der Waals surface area contributed by atoms with Crippen molar-refractivity contribution in [1.82, 2.24) is 15.1 Å². The summed E-state index contributed by atoms with van der Waals surface area (Å²) < 4.78 is 16.4. The third kappa shape index (κ3) is 6.80. The number of benzene rings is 2. The van der Waals surface area contributed by atoms with Crippen molar-refractivity contribution in [2.45, 2.75) is 46.3 Å². The van der Waals surface area contributed by atoms with Gasteiger partial charge in [0, 0.05) is 31.0 Å². The fourth-order valence-corrected chi connectivity index (χ4v) is 3.95. The summed E-state index contributed by atoms with van der Waals surface area (Å²) in [4.78, 5) is 20.9. The average Bonchev–Trinajstić information content (AvgIpc) is 3.34. The second kappa shape index (κ2) is 11.3. The molecule has 2 aromatic carbocycles. The average molecular weight is 501 g/mol. The van der Waals surface area contributed by atoms with E-state index in [1.54, 1.807) is 13.3 Å². The largest absolute Gasteiger partial charge is 0.460 e. The van der Waals surface area contributed by atoms with Crippen LogP contribution in [-0.4, -0.2) is 40.3 Å². The molecule has 0 amide bonds. The summed E-state index contributed by atoms with van der Waals surface area (Å²) in [7, 11) is 1.68. The van der Waals surface area contributed by atoms with Gasteiger partial charge in [0.05, 0.1) is 13.0 Å². The first-order valence-corrected chi connectivity index (χ1v) is 12.2. The Labute approximate surface area is 217 Å². The maximum atomic E-state index is 11.9. The topological polar surface area (TPSA) is 99.4 Å². The normalized spacial score (nSPS) is 11.4. The number of anilines is 1. The van der Waals surface area contributed by atoms with Crippen LogP contribution in [0.3, 0.4) is 0 Å². The van der Waals surface area contributed by atoms with Crippen molar-refractivity contribution in [3.63, 3.8) is 0 Å². The van der Waals surface area contributed by atoms with Gasteiger partial charge in [-0.1, -0.05) is 35.5 Å². The molecule has 0 atom stereocenters. The second-order valence-corrected chi connectivity index (χ2v) is 9.74. The SMILES string of the molecule is COCc1cc(-c2nc(-c3ccnc(NCCC(=O)OC(C)(C)C)c3)no2)ccc1-c1ccccc1C. The third-order valence-corrected chi connectivity index (χ3v) is 5.59. The molecule has 4 rings (SSSR count). The molecule has 0 spiro atoms. The Morgan fingerprint density at radius 3 is 2.59 bits per heavy atom. The summed E-state index contributed by atoms with van der Waals surface area (Å²) in [6, 6.07) is 18.0. The fraction of sp³-hybridized carbons (Fsp3) is 0.310. The minimum absolute atomic E-state index is 0.234. The van der Waals surface area contributed by atoms with Gasteiger partial charge in [-0.15, -0.1) is 0 Å². The zero-order valence-corrected chi connectivity index (χ0v) is 21.9. The first-order valence-electron chi connectivity index (χ1n) is 12.2. The Morgan fingerprint density at radius 2 is 1.84 bits per heavy atom. The molecule has 8 heteroatoms. The van der Waals surface area contributed by atoms with E-state index >= 15 is 0 Å². The molecule has 0 aliphatic rings. The van der Waals surface area contributed by atoms with Crippen LogP contribution in [0, 0.1) is 6.92 Å². The van der Waals surface area contributed by atoms with Crippen LogP contribution < -0.4 is 5.32 Å². The Kier molecular flexibility index (Phi) is 7.98.